The molecular weight excluding hydrogens is 388 g/mol. The summed E-state index contributed by atoms with van der Waals surface area (Å²) in [6, 6.07) is 5.95. The molecule has 0 fully saturated rings. The Kier molecular flexibility index (Phi) is 9.29. The molecule has 4 N–H and O–H groups in total. The maximum Gasteiger partial charge on any atom is 0.408 e. The van der Waals surface area contributed by atoms with E-state index in [1.165, 1.54) is 6.92 Å². The zero-order chi connectivity index (χ0) is 22.9. The lowest BCUT2D eigenvalue weighted by Crippen LogP contribution is -2.47. The molecule has 0 aliphatic heterocycles. The minimum atomic E-state index is -0.646. The third kappa shape index (κ3) is 9.90. The molecule has 1 atom stereocenters. The lowest BCUT2D eigenvalue weighted by atomic mass is 10.0. The molecule has 0 heterocycles. The highest BCUT2D eigenvalue weighted by atomic mass is 16.6. The molecular formula is C21H32N4O5. The van der Waals surface area contributed by atoms with E-state index in [1.807, 2.05) is 13.8 Å². The molecule has 0 spiro atoms. The van der Waals surface area contributed by atoms with Crippen molar-refractivity contribution in [3.63, 3.8) is 0 Å². The molecule has 166 valence electrons. The normalized spacial score (nSPS) is 12.8. The van der Waals surface area contributed by atoms with Gasteiger partial charge in [0, 0.05) is 11.3 Å². The quantitative estimate of drug-likeness (QED) is 0.243. The molecule has 0 aromatic heterocycles. The average molecular weight is 421 g/mol. The van der Waals surface area contributed by atoms with Crippen LogP contribution in [0.4, 0.5) is 10.5 Å². The Morgan fingerprint density at radius 1 is 1.20 bits per heavy atom. The number of amidine groups is 1. The largest absolute Gasteiger partial charge is 0.444 e. The molecule has 30 heavy (non-hydrogen) atoms. The van der Waals surface area contributed by atoms with Gasteiger partial charge >= 0.3 is 6.09 Å². The molecule has 1 aromatic rings. The molecule has 2 amide bonds. The summed E-state index contributed by atoms with van der Waals surface area (Å²) in [5.74, 6) is -0.322. The molecule has 0 aliphatic rings. The van der Waals surface area contributed by atoms with Crippen LogP contribution in [0.15, 0.2) is 29.4 Å². The summed E-state index contributed by atoms with van der Waals surface area (Å²) >= 11 is 0. The van der Waals surface area contributed by atoms with Crippen LogP contribution in [0.2, 0.25) is 0 Å². The van der Waals surface area contributed by atoms with Gasteiger partial charge in [-0.25, -0.2) is 4.79 Å². The summed E-state index contributed by atoms with van der Waals surface area (Å²) in [6.45, 7) is 10.3. The van der Waals surface area contributed by atoms with E-state index in [2.05, 4.69) is 15.8 Å². The van der Waals surface area contributed by atoms with Gasteiger partial charge in [0.25, 0.3) is 5.91 Å². The minimum Gasteiger partial charge on any atom is -0.444 e. The smallest absolute Gasteiger partial charge is 0.408 e. The zero-order valence-corrected chi connectivity index (χ0v) is 18.4. The number of benzene rings is 1. The number of carbonyl (C=O) groups excluding carboxylic acids is 3. The van der Waals surface area contributed by atoms with Crippen molar-refractivity contribution >= 4 is 29.3 Å². The highest BCUT2D eigenvalue weighted by Gasteiger charge is 2.23. The predicted molar refractivity (Wildman–Crippen MR) is 115 cm³/mol. The molecule has 1 aromatic carbocycles. The first kappa shape index (κ1) is 24.9. The second-order valence-corrected chi connectivity index (χ2v) is 8.30. The van der Waals surface area contributed by atoms with E-state index < -0.39 is 23.6 Å². The fraction of sp³-hybridized carbons (Fsp3) is 0.524. The molecule has 1 rings (SSSR count). The van der Waals surface area contributed by atoms with Gasteiger partial charge < -0.3 is 25.9 Å². The van der Waals surface area contributed by atoms with Gasteiger partial charge in [0.05, 0.1) is 6.04 Å². The molecule has 9 heteroatoms. The Bertz CT molecular complexity index is 784. The van der Waals surface area contributed by atoms with E-state index in [0.29, 0.717) is 17.7 Å². The first-order valence-corrected chi connectivity index (χ1v) is 9.73. The van der Waals surface area contributed by atoms with Gasteiger partial charge in [0.1, 0.15) is 5.60 Å². The first-order chi connectivity index (χ1) is 13.9. The summed E-state index contributed by atoms with van der Waals surface area (Å²) in [7, 11) is 0. The number of rotatable bonds is 9. The molecule has 0 saturated heterocycles. The van der Waals surface area contributed by atoms with Crippen molar-refractivity contribution in [1.82, 2.24) is 5.32 Å². The van der Waals surface area contributed by atoms with Crippen molar-refractivity contribution in [3.05, 3.63) is 29.8 Å². The van der Waals surface area contributed by atoms with Gasteiger partial charge in [-0.3, -0.25) is 9.59 Å². The van der Waals surface area contributed by atoms with Crippen LogP contribution in [0.25, 0.3) is 0 Å². The molecule has 9 nitrogen and oxygen atoms in total. The van der Waals surface area contributed by atoms with Gasteiger partial charge in [-0.15, -0.1) is 0 Å². The second-order valence-electron chi connectivity index (χ2n) is 8.30. The van der Waals surface area contributed by atoms with Crippen LogP contribution in [0.5, 0.6) is 0 Å². The number of oxime groups is 1. The van der Waals surface area contributed by atoms with E-state index in [9.17, 15) is 14.4 Å². The Labute approximate surface area is 177 Å². The number of hydrogen-bond acceptors (Lipinski definition) is 6. The first-order valence-electron chi connectivity index (χ1n) is 9.73. The average Bonchev–Trinajstić information content (AvgIpc) is 2.59. The molecule has 0 radical (unpaired) electrons. The highest BCUT2D eigenvalue weighted by Crippen LogP contribution is 2.12. The van der Waals surface area contributed by atoms with E-state index in [0.717, 1.165) is 0 Å². The number of hydrogen-bond donors (Lipinski definition) is 3. The fourth-order valence-electron chi connectivity index (χ4n) is 2.42. The van der Waals surface area contributed by atoms with E-state index in [1.54, 1.807) is 45.0 Å². The van der Waals surface area contributed by atoms with E-state index >= 15 is 0 Å². The number of nitrogens with zero attached hydrogens (tertiary/aromatic N) is 1. The minimum absolute atomic E-state index is 0.0286. The Hall–Kier alpha value is -3.10. The molecule has 0 aliphatic carbocycles. The van der Waals surface area contributed by atoms with Crippen molar-refractivity contribution in [2.75, 3.05) is 11.9 Å². The summed E-state index contributed by atoms with van der Waals surface area (Å²) in [5.41, 5.74) is 6.27. The van der Waals surface area contributed by atoms with Gasteiger partial charge in [-0.2, -0.15) is 0 Å². The van der Waals surface area contributed by atoms with Gasteiger partial charge in [0.15, 0.2) is 18.2 Å². The number of nitrogens with one attached hydrogen (secondary N) is 2. The van der Waals surface area contributed by atoms with Crippen molar-refractivity contribution in [1.29, 1.82) is 0 Å². The second kappa shape index (κ2) is 11.2. The molecule has 1 unspecified atom stereocenters. The Balaban J connectivity index is 2.66. The van der Waals surface area contributed by atoms with Crippen LogP contribution in [-0.2, 0) is 14.4 Å². The number of nitrogens with two attached hydrogens (primary N) is 1. The third-order valence-electron chi connectivity index (χ3n) is 3.67. The lowest BCUT2D eigenvalue weighted by Gasteiger charge is -2.24. The van der Waals surface area contributed by atoms with Gasteiger partial charge in [-0.1, -0.05) is 31.1 Å². The van der Waals surface area contributed by atoms with E-state index in [4.69, 9.17) is 15.3 Å². The van der Waals surface area contributed by atoms with Crippen LogP contribution >= 0.6 is 0 Å². The van der Waals surface area contributed by atoms with Crippen LogP contribution in [0, 0.1) is 5.92 Å². The topological polar surface area (TPSA) is 132 Å². The van der Waals surface area contributed by atoms with Gasteiger partial charge in [0.2, 0.25) is 0 Å². The number of ether oxygens (including phenoxy) is 1. The lowest BCUT2D eigenvalue weighted by molar-refractivity contribution is -0.120. The number of amides is 2. The SMILES string of the molecule is CC(=O)c1cccc(NC(=O)CO/N=C(\N)C(CC(C)C)NC(=O)OC(C)(C)C)c1. The fourth-order valence-corrected chi connectivity index (χ4v) is 2.42. The number of alkyl carbamates (subject to hydrolysis) is 1. The van der Waals surface area contributed by atoms with E-state index in [-0.39, 0.29) is 24.1 Å². The summed E-state index contributed by atoms with van der Waals surface area (Å²) < 4.78 is 5.25. The van der Waals surface area contributed by atoms with Crippen molar-refractivity contribution < 1.29 is 24.0 Å². The van der Waals surface area contributed by atoms with Gasteiger partial charge in [-0.05, 0) is 52.2 Å². The standard InChI is InChI=1S/C21H32N4O5/c1-13(2)10-17(24-20(28)30-21(4,5)6)19(22)25-29-12-18(27)23-16-9-7-8-15(11-16)14(3)26/h7-9,11,13,17H,10,12H2,1-6H3,(H2,22,25)(H,23,27)(H,24,28). The number of carbonyl (C=O) groups is 3. The summed E-state index contributed by atoms with van der Waals surface area (Å²) in [6.07, 6.45) is -0.100. The van der Waals surface area contributed by atoms with Crippen molar-refractivity contribution in [3.8, 4) is 0 Å². The molecule has 0 saturated carbocycles. The van der Waals surface area contributed by atoms with Crippen molar-refractivity contribution in [2.45, 2.75) is 59.6 Å². The van der Waals surface area contributed by atoms with Crippen LogP contribution < -0.4 is 16.4 Å². The maximum absolute atomic E-state index is 12.0. The predicted octanol–water partition coefficient (Wildman–Crippen LogP) is 3.06. The number of Topliss-reactive ketones (excluding diaryl/α,β-unsaturated/α-hetero) is 1. The summed E-state index contributed by atoms with van der Waals surface area (Å²) in [5, 5.41) is 9.05. The number of anilines is 1. The zero-order valence-electron chi connectivity index (χ0n) is 18.4. The monoisotopic (exact) mass is 420 g/mol. The third-order valence-corrected chi connectivity index (χ3v) is 3.67. The highest BCUT2D eigenvalue weighted by molar-refractivity contribution is 5.97. The van der Waals surface area contributed by atoms with Crippen LogP contribution in [-0.4, -0.2) is 41.9 Å². The van der Waals surface area contributed by atoms with Crippen LogP contribution in [0.3, 0.4) is 0 Å². The maximum atomic E-state index is 12.0. The summed E-state index contributed by atoms with van der Waals surface area (Å²) in [4.78, 5) is 40.5. The van der Waals surface area contributed by atoms with Crippen molar-refractivity contribution in [2.24, 2.45) is 16.8 Å². The Morgan fingerprint density at radius 2 is 1.87 bits per heavy atom. The van der Waals surface area contributed by atoms with Crippen LogP contribution in [0.1, 0.15) is 58.3 Å². The number of ketones is 1. The Morgan fingerprint density at radius 3 is 2.43 bits per heavy atom. The molecule has 0 bridgehead atoms.